The monoisotopic (exact) mass is 273 g/mol. The maximum absolute atomic E-state index is 12.8. The zero-order valence-electron chi connectivity index (χ0n) is 10.1. The topological polar surface area (TPSA) is 40.7 Å². The molecule has 0 unspecified atom stereocenters. The first-order valence-electron chi connectivity index (χ1n) is 5.88. The van der Waals surface area contributed by atoms with Crippen molar-refractivity contribution in [1.29, 1.82) is 0 Å². The third kappa shape index (κ3) is 2.66. The molecule has 2 heterocycles. The fraction of sp³-hybridized carbons (Fsp3) is 0.0714. The van der Waals surface area contributed by atoms with Gasteiger partial charge >= 0.3 is 0 Å². The van der Waals surface area contributed by atoms with Crippen molar-refractivity contribution in [2.24, 2.45) is 0 Å². The van der Waals surface area contributed by atoms with Gasteiger partial charge in [0.2, 0.25) is 0 Å². The number of hydrogen-bond acceptors (Lipinski definition) is 3. The van der Waals surface area contributed by atoms with Gasteiger partial charge in [0.1, 0.15) is 5.82 Å². The van der Waals surface area contributed by atoms with E-state index in [1.165, 1.54) is 12.1 Å². The van der Waals surface area contributed by atoms with Crippen LogP contribution in [0.3, 0.4) is 0 Å². The van der Waals surface area contributed by atoms with Gasteiger partial charge in [0.25, 0.3) is 0 Å². The molecular formula is C14H12FN3S. The Kier molecular flexibility index (Phi) is 3.29. The third-order valence-corrected chi connectivity index (χ3v) is 3.70. The summed E-state index contributed by atoms with van der Waals surface area (Å²) in [5.74, 6) is -0.229. The minimum atomic E-state index is -0.229. The fourth-order valence-electron chi connectivity index (χ4n) is 1.84. The van der Waals surface area contributed by atoms with Crippen molar-refractivity contribution in [2.45, 2.75) is 6.54 Å². The molecule has 0 aliphatic carbocycles. The van der Waals surface area contributed by atoms with Gasteiger partial charge in [-0.2, -0.15) is 5.10 Å². The smallest absolute Gasteiger partial charge is 0.123 e. The number of aromatic amines is 1. The number of H-pyrrole nitrogens is 1. The van der Waals surface area contributed by atoms with Gasteiger partial charge in [-0.3, -0.25) is 5.10 Å². The number of nitrogens with one attached hydrogen (secondary N) is 2. The summed E-state index contributed by atoms with van der Waals surface area (Å²) in [6, 6.07) is 10.4. The molecule has 3 aromatic rings. The van der Waals surface area contributed by atoms with Crippen LogP contribution in [-0.2, 0) is 6.54 Å². The van der Waals surface area contributed by atoms with E-state index in [0.717, 1.165) is 21.8 Å². The molecule has 0 spiro atoms. The van der Waals surface area contributed by atoms with Crippen LogP contribution in [0.5, 0.6) is 0 Å². The molecular weight excluding hydrogens is 261 g/mol. The van der Waals surface area contributed by atoms with E-state index in [1.807, 2.05) is 17.6 Å². The second-order valence-electron chi connectivity index (χ2n) is 4.11. The lowest BCUT2D eigenvalue weighted by Gasteiger charge is -2.06. The number of thiophene rings is 1. The Morgan fingerprint density at radius 2 is 2.05 bits per heavy atom. The molecule has 0 aliphatic rings. The highest BCUT2D eigenvalue weighted by Crippen LogP contribution is 2.26. The van der Waals surface area contributed by atoms with Crippen LogP contribution in [0, 0.1) is 5.82 Å². The summed E-state index contributed by atoms with van der Waals surface area (Å²) in [6.45, 7) is 0.648. The van der Waals surface area contributed by atoms with Crippen molar-refractivity contribution >= 4 is 17.0 Å². The van der Waals surface area contributed by atoms with E-state index in [4.69, 9.17) is 0 Å². The van der Waals surface area contributed by atoms with Crippen LogP contribution in [0.2, 0.25) is 0 Å². The summed E-state index contributed by atoms with van der Waals surface area (Å²) in [5, 5.41) is 12.4. The Morgan fingerprint density at radius 1 is 1.21 bits per heavy atom. The van der Waals surface area contributed by atoms with Crippen molar-refractivity contribution in [3.63, 3.8) is 0 Å². The predicted molar refractivity (Wildman–Crippen MR) is 75.6 cm³/mol. The Balaban J connectivity index is 1.74. The molecule has 1 aromatic carbocycles. The molecule has 2 N–H and O–H groups in total. The molecule has 2 aromatic heterocycles. The van der Waals surface area contributed by atoms with Gasteiger partial charge < -0.3 is 5.32 Å². The highest BCUT2D eigenvalue weighted by Gasteiger charge is 2.08. The molecule has 0 atom stereocenters. The lowest BCUT2D eigenvalue weighted by Crippen LogP contribution is -1.99. The molecule has 0 radical (unpaired) electrons. The molecule has 0 fully saturated rings. The van der Waals surface area contributed by atoms with E-state index >= 15 is 0 Å². The van der Waals surface area contributed by atoms with Crippen LogP contribution in [0.1, 0.15) is 5.56 Å². The summed E-state index contributed by atoms with van der Waals surface area (Å²) in [5.41, 5.74) is 3.01. The quantitative estimate of drug-likeness (QED) is 0.757. The first kappa shape index (κ1) is 11.9. The standard InChI is InChI=1S/C14H12FN3S/c15-11-3-5-12(6-4-11)16-8-10-9-17-18-14(10)13-2-1-7-19-13/h1-7,9,16H,8H2,(H,17,18). The lowest BCUT2D eigenvalue weighted by molar-refractivity contribution is 0.628. The van der Waals surface area contributed by atoms with E-state index in [2.05, 4.69) is 21.6 Å². The van der Waals surface area contributed by atoms with E-state index in [0.29, 0.717) is 6.54 Å². The van der Waals surface area contributed by atoms with Crippen molar-refractivity contribution < 1.29 is 4.39 Å². The number of nitrogens with zero attached hydrogens (tertiary/aromatic N) is 1. The van der Waals surface area contributed by atoms with Crippen LogP contribution in [0.25, 0.3) is 10.6 Å². The molecule has 0 amide bonds. The van der Waals surface area contributed by atoms with Gasteiger partial charge in [-0.1, -0.05) is 6.07 Å². The van der Waals surface area contributed by atoms with Crippen molar-refractivity contribution in [3.05, 3.63) is 59.4 Å². The normalized spacial score (nSPS) is 10.6. The number of halogens is 1. The second kappa shape index (κ2) is 5.24. The molecule has 0 bridgehead atoms. The van der Waals surface area contributed by atoms with Crippen molar-refractivity contribution in [3.8, 4) is 10.6 Å². The van der Waals surface area contributed by atoms with Crippen LogP contribution >= 0.6 is 11.3 Å². The van der Waals surface area contributed by atoms with E-state index in [-0.39, 0.29) is 5.82 Å². The minimum absolute atomic E-state index is 0.229. The summed E-state index contributed by atoms with van der Waals surface area (Å²) in [4.78, 5) is 1.16. The first-order valence-corrected chi connectivity index (χ1v) is 6.76. The van der Waals surface area contributed by atoms with Gasteiger partial charge in [0.15, 0.2) is 0 Å². The third-order valence-electron chi connectivity index (χ3n) is 2.81. The molecule has 0 saturated carbocycles. The van der Waals surface area contributed by atoms with Gasteiger partial charge in [0.05, 0.1) is 16.8 Å². The van der Waals surface area contributed by atoms with Gasteiger partial charge in [-0.05, 0) is 35.7 Å². The average molecular weight is 273 g/mol. The maximum Gasteiger partial charge on any atom is 0.123 e. The SMILES string of the molecule is Fc1ccc(NCc2cn[nH]c2-c2cccs2)cc1. The molecule has 3 nitrogen and oxygen atoms in total. The highest BCUT2D eigenvalue weighted by atomic mass is 32.1. The number of rotatable bonds is 4. The number of benzene rings is 1. The van der Waals surface area contributed by atoms with Crippen LogP contribution in [0.4, 0.5) is 10.1 Å². The Bertz CT molecular complexity index is 644. The van der Waals surface area contributed by atoms with Gasteiger partial charge in [-0.15, -0.1) is 11.3 Å². The van der Waals surface area contributed by atoms with Crippen LogP contribution in [0.15, 0.2) is 48.0 Å². The molecule has 5 heteroatoms. The summed E-state index contributed by atoms with van der Waals surface area (Å²) >= 11 is 1.67. The molecule has 0 aliphatic heterocycles. The molecule has 3 rings (SSSR count). The molecule has 0 saturated heterocycles. The summed E-state index contributed by atoms with van der Waals surface area (Å²) in [7, 11) is 0. The minimum Gasteiger partial charge on any atom is -0.381 e. The van der Waals surface area contributed by atoms with E-state index < -0.39 is 0 Å². The average Bonchev–Trinajstić information content (AvgIpc) is 3.08. The van der Waals surface area contributed by atoms with Crippen LogP contribution in [-0.4, -0.2) is 10.2 Å². The Hall–Kier alpha value is -2.14. The zero-order valence-corrected chi connectivity index (χ0v) is 10.9. The Morgan fingerprint density at radius 3 is 2.79 bits per heavy atom. The fourth-order valence-corrected chi connectivity index (χ4v) is 2.60. The summed E-state index contributed by atoms with van der Waals surface area (Å²) in [6.07, 6.45) is 1.81. The van der Waals surface area contributed by atoms with Crippen molar-refractivity contribution in [2.75, 3.05) is 5.32 Å². The highest BCUT2D eigenvalue weighted by molar-refractivity contribution is 7.13. The van der Waals surface area contributed by atoms with Gasteiger partial charge in [0, 0.05) is 17.8 Å². The van der Waals surface area contributed by atoms with Crippen molar-refractivity contribution in [1.82, 2.24) is 10.2 Å². The summed E-state index contributed by atoms with van der Waals surface area (Å²) < 4.78 is 12.8. The van der Waals surface area contributed by atoms with Crippen LogP contribution < -0.4 is 5.32 Å². The first-order chi connectivity index (χ1) is 9.33. The lowest BCUT2D eigenvalue weighted by atomic mass is 10.2. The predicted octanol–water partition coefficient (Wildman–Crippen LogP) is 3.89. The van der Waals surface area contributed by atoms with E-state index in [9.17, 15) is 4.39 Å². The Labute approximate surface area is 114 Å². The number of anilines is 1. The number of aromatic nitrogens is 2. The maximum atomic E-state index is 12.8. The largest absolute Gasteiger partial charge is 0.381 e. The number of hydrogen-bond donors (Lipinski definition) is 2. The molecule has 19 heavy (non-hydrogen) atoms. The van der Waals surface area contributed by atoms with Gasteiger partial charge in [-0.25, -0.2) is 4.39 Å². The second-order valence-corrected chi connectivity index (χ2v) is 5.06. The zero-order chi connectivity index (χ0) is 13.1. The van der Waals surface area contributed by atoms with E-state index in [1.54, 1.807) is 23.5 Å². The molecule has 96 valence electrons.